The van der Waals surface area contributed by atoms with E-state index in [2.05, 4.69) is 5.32 Å². The van der Waals surface area contributed by atoms with Crippen LogP contribution in [0.5, 0.6) is 0 Å². The number of amides is 2. The lowest BCUT2D eigenvalue weighted by Crippen LogP contribution is -2.40. The number of likely N-dealkylation sites (tertiary alicyclic amines) is 1. The molecule has 90 valence electrons. The van der Waals surface area contributed by atoms with Gasteiger partial charge in [0.25, 0.3) is 0 Å². The number of carbonyl (C=O) groups is 2. The highest BCUT2D eigenvalue weighted by Crippen LogP contribution is 2.32. The van der Waals surface area contributed by atoms with Crippen LogP contribution in [0.1, 0.15) is 26.2 Å². The third kappa shape index (κ3) is 2.35. The van der Waals surface area contributed by atoms with Gasteiger partial charge in [-0.3, -0.25) is 9.59 Å². The Morgan fingerprint density at radius 2 is 2.31 bits per heavy atom. The van der Waals surface area contributed by atoms with Gasteiger partial charge in [0.15, 0.2) is 0 Å². The lowest BCUT2D eigenvalue weighted by molar-refractivity contribution is -0.129. The number of nitrogens with zero attached hydrogens (tertiary/aromatic N) is 1. The topological polar surface area (TPSA) is 69.6 Å². The van der Waals surface area contributed by atoms with Crippen LogP contribution in [0.3, 0.4) is 0 Å². The molecular weight excluding hydrogens is 208 g/mol. The molecule has 2 aliphatic rings. The van der Waals surface area contributed by atoms with E-state index >= 15 is 0 Å². The molecule has 1 aliphatic heterocycles. The summed E-state index contributed by atoms with van der Waals surface area (Å²) >= 11 is 0. The lowest BCUT2D eigenvalue weighted by atomic mass is 10.1. The van der Waals surface area contributed by atoms with Gasteiger partial charge >= 0.3 is 0 Å². The maximum absolute atomic E-state index is 11.7. The molecule has 0 spiro atoms. The van der Waals surface area contributed by atoms with Crippen molar-refractivity contribution in [1.82, 2.24) is 10.2 Å². The first-order valence-corrected chi connectivity index (χ1v) is 5.82. The van der Waals surface area contributed by atoms with Crippen LogP contribution in [0.2, 0.25) is 0 Å². The Bertz CT molecular complexity index is 302. The molecule has 0 aromatic rings. The van der Waals surface area contributed by atoms with Gasteiger partial charge < -0.3 is 15.3 Å². The van der Waals surface area contributed by atoms with Crippen molar-refractivity contribution in [1.29, 1.82) is 0 Å². The zero-order valence-electron chi connectivity index (χ0n) is 9.48. The molecule has 2 N–H and O–H groups in total. The van der Waals surface area contributed by atoms with Crippen LogP contribution in [-0.2, 0) is 9.59 Å². The second kappa shape index (κ2) is 4.41. The molecule has 2 amide bonds. The van der Waals surface area contributed by atoms with Gasteiger partial charge in [-0.2, -0.15) is 0 Å². The fraction of sp³-hybridized carbons (Fsp3) is 0.818. The van der Waals surface area contributed by atoms with E-state index in [9.17, 15) is 9.59 Å². The molecule has 2 rings (SSSR count). The molecule has 5 heteroatoms. The minimum absolute atomic E-state index is 0.0707. The zero-order valence-corrected chi connectivity index (χ0v) is 9.48. The number of rotatable bonds is 4. The smallest absolute Gasteiger partial charge is 0.225 e. The van der Waals surface area contributed by atoms with Crippen LogP contribution >= 0.6 is 0 Å². The largest absolute Gasteiger partial charge is 0.394 e. The van der Waals surface area contributed by atoms with Crippen LogP contribution in [0.4, 0.5) is 0 Å². The van der Waals surface area contributed by atoms with Crippen LogP contribution < -0.4 is 5.32 Å². The highest BCUT2D eigenvalue weighted by Gasteiger charge is 2.41. The quantitative estimate of drug-likeness (QED) is 0.678. The summed E-state index contributed by atoms with van der Waals surface area (Å²) in [6.45, 7) is 2.22. The molecular formula is C11H18N2O3. The number of carbonyl (C=O) groups excluding carboxylic acids is 2. The van der Waals surface area contributed by atoms with Crippen LogP contribution in [0.15, 0.2) is 0 Å². The average molecular weight is 226 g/mol. The average Bonchev–Trinajstić information content (AvgIpc) is 3.02. The molecule has 1 saturated carbocycles. The second-order valence-corrected chi connectivity index (χ2v) is 4.77. The van der Waals surface area contributed by atoms with Gasteiger partial charge in [-0.15, -0.1) is 0 Å². The number of hydrogen-bond donors (Lipinski definition) is 2. The normalized spacial score (nSPS) is 27.0. The molecule has 5 nitrogen and oxygen atoms in total. The van der Waals surface area contributed by atoms with E-state index < -0.39 is 0 Å². The summed E-state index contributed by atoms with van der Waals surface area (Å²) in [6, 6.07) is 0.151. The van der Waals surface area contributed by atoms with E-state index in [0.29, 0.717) is 19.0 Å². The Labute approximate surface area is 94.8 Å². The molecule has 0 aromatic carbocycles. The van der Waals surface area contributed by atoms with Gasteiger partial charge in [-0.1, -0.05) is 0 Å². The van der Waals surface area contributed by atoms with Crippen molar-refractivity contribution in [3.8, 4) is 0 Å². The van der Waals surface area contributed by atoms with Crippen LogP contribution in [0, 0.1) is 5.92 Å². The third-order valence-electron chi connectivity index (χ3n) is 3.18. The zero-order chi connectivity index (χ0) is 11.7. The van der Waals surface area contributed by atoms with Gasteiger partial charge in [0.05, 0.1) is 12.5 Å². The molecule has 0 aromatic heterocycles. The minimum Gasteiger partial charge on any atom is -0.394 e. The molecule has 1 heterocycles. The Morgan fingerprint density at radius 3 is 2.88 bits per heavy atom. The SMILES string of the molecule is C[C@H](CO)NC(=O)C1CC(=O)N(C2CC2)C1. The third-order valence-corrected chi connectivity index (χ3v) is 3.18. The molecule has 1 aliphatic carbocycles. The van der Waals surface area contributed by atoms with E-state index in [1.807, 2.05) is 4.90 Å². The van der Waals surface area contributed by atoms with Crippen molar-refractivity contribution < 1.29 is 14.7 Å². The van der Waals surface area contributed by atoms with E-state index in [1.165, 1.54) is 0 Å². The summed E-state index contributed by atoms with van der Waals surface area (Å²) in [4.78, 5) is 25.2. The van der Waals surface area contributed by atoms with E-state index in [1.54, 1.807) is 6.92 Å². The molecule has 2 atom stereocenters. The summed E-state index contributed by atoms with van der Waals surface area (Å²) in [5.41, 5.74) is 0. The first kappa shape index (κ1) is 11.4. The number of hydrogen-bond acceptors (Lipinski definition) is 3. The predicted molar refractivity (Wildman–Crippen MR) is 57.5 cm³/mol. The second-order valence-electron chi connectivity index (χ2n) is 4.77. The Balaban J connectivity index is 1.86. The number of nitrogens with one attached hydrogen (secondary N) is 1. The van der Waals surface area contributed by atoms with Gasteiger partial charge in [0.2, 0.25) is 11.8 Å². The predicted octanol–water partition coefficient (Wildman–Crippen LogP) is -0.506. The van der Waals surface area contributed by atoms with Gasteiger partial charge in [0, 0.05) is 25.0 Å². The van der Waals surface area contributed by atoms with Crippen LogP contribution in [-0.4, -0.2) is 47.1 Å². The fourth-order valence-corrected chi connectivity index (χ4v) is 2.05. The molecule has 1 saturated heterocycles. The highest BCUT2D eigenvalue weighted by atomic mass is 16.3. The van der Waals surface area contributed by atoms with Crippen molar-refractivity contribution in [2.45, 2.75) is 38.3 Å². The van der Waals surface area contributed by atoms with Gasteiger partial charge in [-0.05, 0) is 19.8 Å². The van der Waals surface area contributed by atoms with Crippen LogP contribution in [0.25, 0.3) is 0 Å². The molecule has 16 heavy (non-hydrogen) atoms. The molecule has 0 bridgehead atoms. The molecule has 1 unspecified atom stereocenters. The highest BCUT2D eigenvalue weighted by molar-refractivity contribution is 5.89. The summed E-state index contributed by atoms with van der Waals surface area (Å²) in [5.74, 6) is -0.251. The van der Waals surface area contributed by atoms with Crippen molar-refractivity contribution in [3.05, 3.63) is 0 Å². The lowest BCUT2D eigenvalue weighted by Gasteiger charge is -2.16. The van der Waals surface area contributed by atoms with Gasteiger partial charge in [-0.25, -0.2) is 0 Å². The monoisotopic (exact) mass is 226 g/mol. The van der Waals surface area contributed by atoms with E-state index in [0.717, 1.165) is 12.8 Å². The Morgan fingerprint density at radius 1 is 1.62 bits per heavy atom. The summed E-state index contributed by atoms with van der Waals surface area (Å²) < 4.78 is 0. The summed E-state index contributed by atoms with van der Waals surface area (Å²) in [7, 11) is 0. The van der Waals surface area contributed by atoms with Gasteiger partial charge in [0.1, 0.15) is 0 Å². The molecule has 0 radical (unpaired) electrons. The number of aliphatic hydroxyl groups is 1. The number of aliphatic hydroxyl groups excluding tert-OH is 1. The molecule has 2 fully saturated rings. The Kier molecular flexibility index (Phi) is 3.14. The minimum atomic E-state index is -0.238. The van der Waals surface area contributed by atoms with E-state index in [4.69, 9.17) is 5.11 Å². The fourth-order valence-electron chi connectivity index (χ4n) is 2.05. The van der Waals surface area contributed by atoms with Crippen molar-refractivity contribution in [2.24, 2.45) is 5.92 Å². The van der Waals surface area contributed by atoms with Crippen molar-refractivity contribution >= 4 is 11.8 Å². The van der Waals surface area contributed by atoms with Crippen molar-refractivity contribution in [3.63, 3.8) is 0 Å². The Hall–Kier alpha value is -1.10. The first-order valence-electron chi connectivity index (χ1n) is 5.82. The first-order chi connectivity index (χ1) is 7.61. The van der Waals surface area contributed by atoms with Crippen molar-refractivity contribution in [2.75, 3.05) is 13.2 Å². The summed E-state index contributed by atoms with van der Waals surface area (Å²) in [5, 5.41) is 11.5. The maximum Gasteiger partial charge on any atom is 0.225 e. The van der Waals surface area contributed by atoms with E-state index in [-0.39, 0.29) is 30.4 Å². The summed E-state index contributed by atoms with van der Waals surface area (Å²) in [6.07, 6.45) is 2.47. The maximum atomic E-state index is 11.7. The standard InChI is InChI=1S/C11H18N2O3/c1-7(6-14)12-11(16)8-4-10(15)13(5-8)9-2-3-9/h7-9,14H,2-6H2,1H3,(H,12,16)/t7-,8?/m1/s1.